The number of amides is 1. The Hall–Kier alpha value is -2.18. The molecule has 0 spiro atoms. The van der Waals surface area contributed by atoms with Crippen molar-refractivity contribution in [3.8, 4) is 0 Å². The average molecular weight is 387 g/mol. The molecule has 0 aromatic rings. The normalized spacial score (nSPS) is 36.4. The maximum atomic E-state index is 11.7. The van der Waals surface area contributed by atoms with Crippen molar-refractivity contribution in [2.75, 3.05) is 6.54 Å². The predicted octanol–water partition coefficient (Wildman–Crippen LogP) is 3.12. The molecule has 3 aliphatic rings. The molecule has 0 saturated carbocycles. The van der Waals surface area contributed by atoms with E-state index in [-0.39, 0.29) is 41.9 Å². The van der Waals surface area contributed by atoms with Crippen LogP contribution in [0.1, 0.15) is 41.0 Å². The number of rotatable bonds is 4. The highest BCUT2D eigenvalue weighted by Gasteiger charge is 2.47. The number of hydrogen-bond donors (Lipinski definition) is 2. The molecule has 2 fully saturated rings. The zero-order valence-electron chi connectivity index (χ0n) is 17.1. The van der Waals surface area contributed by atoms with Gasteiger partial charge in [0, 0.05) is 11.8 Å². The van der Waals surface area contributed by atoms with Crippen molar-refractivity contribution in [3.63, 3.8) is 0 Å². The maximum Gasteiger partial charge on any atom is 0.259 e. The van der Waals surface area contributed by atoms with Crippen molar-refractivity contribution in [1.82, 2.24) is 5.32 Å². The Morgan fingerprint density at radius 1 is 1.36 bits per heavy atom. The Balaban J connectivity index is 1.74. The van der Waals surface area contributed by atoms with Gasteiger partial charge in [0.1, 0.15) is 11.3 Å². The third kappa shape index (κ3) is 3.84. The SMILES string of the molecule is CC(C=CC(O)=C1C(=O)CNC1=O)=C[C@@H](C)[C@H]1O[C@@]2(C)O[C@H](CC=C2C)[C@@H]1C. The fourth-order valence-electron chi connectivity index (χ4n) is 4.10. The third-order valence-electron chi connectivity index (χ3n) is 5.93. The minimum atomic E-state index is -0.676. The summed E-state index contributed by atoms with van der Waals surface area (Å²) < 4.78 is 12.5. The second kappa shape index (κ2) is 7.68. The summed E-state index contributed by atoms with van der Waals surface area (Å²) in [7, 11) is 0. The van der Waals surface area contributed by atoms with Gasteiger partial charge in [0.05, 0.1) is 18.8 Å². The van der Waals surface area contributed by atoms with Crippen LogP contribution < -0.4 is 5.32 Å². The van der Waals surface area contributed by atoms with Crippen molar-refractivity contribution >= 4 is 11.7 Å². The number of fused-ring (bicyclic) bond motifs is 2. The van der Waals surface area contributed by atoms with Crippen LogP contribution in [0, 0.1) is 11.8 Å². The number of Topliss-reactive ketones (excluding diaryl/α,β-unsaturated/α-hetero) is 1. The highest BCUT2D eigenvalue weighted by atomic mass is 16.7. The van der Waals surface area contributed by atoms with Gasteiger partial charge in [-0.05, 0) is 38.8 Å². The Labute approximate surface area is 166 Å². The Morgan fingerprint density at radius 3 is 2.71 bits per heavy atom. The summed E-state index contributed by atoms with van der Waals surface area (Å²) in [5.41, 5.74) is 1.83. The summed E-state index contributed by atoms with van der Waals surface area (Å²) in [5, 5.41) is 12.5. The standard InChI is InChI=1S/C22H29NO5/c1-12(6-8-16(24)19-17(25)11-23-21(19)26)10-13(2)20-15(4)18-9-7-14(3)22(5,27-18)28-20/h6-8,10,13,15,18,20,24H,9,11H2,1-5H3,(H,23,26)/t13-,15+,18-,20-,22-/m1/s1. The third-order valence-corrected chi connectivity index (χ3v) is 5.93. The van der Waals surface area contributed by atoms with Gasteiger partial charge in [-0.2, -0.15) is 0 Å². The first-order valence-electron chi connectivity index (χ1n) is 9.76. The van der Waals surface area contributed by atoms with Crippen LogP contribution in [-0.4, -0.2) is 41.3 Å². The van der Waals surface area contributed by atoms with E-state index < -0.39 is 17.5 Å². The first-order chi connectivity index (χ1) is 13.1. The Kier molecular flexibility index (Phi) is 5.64. The molecule has 1 amide bonds. The minimum Gasteiger partial charge on any atom is -0.507 e. The molecule has 0 unspecified atom stereocenters. The van der Waals surface area contributed by atoms with Crippen LogP contribution in [0.15, 0.2) is 46.8 Å². The fraction of sp³-hybridized carbons (Fsp3) is 0.545. The zero-order valence-corrected chi connectivity index (χ0v) is 17.1. The van der Waals surface area contributed by atoms with E-state index in [0.29, 0.717) is 0 Å². The zero-order chi connectivity index (χ0) is 20.6. The molecule has 2 bridgehead atoms. The van der Waals surface area contributed by atoms with E-state index in [2.05, 4.69) is 31.3 Å². The summed E-state index contributed by atoms with van der Waals surface area (Å²) >= 11 is 0. The number of nitrogens with one attached hydrogen (secondary N) is 1. The lowest BCUT2D eigenvalue weighted by Crippen LogP contribution is -2.55. The molecular formula is C22H29NO5. The molecule has 0 aliphatic carbocycles. The summed E-state index contributed by atoms with van der Waals surface area (Å²) in [6.45, 7) is 10.1. The summed E-state index contributed by atoms with van der Waals surface area (Å²) in [5.74, 6) is -1.54. The lowest BCUT2D eigenvalue weighted by atomic mass is 9.82. The smallest absolute Gasteiger partial charge is 0.259 e. The van der Waals surface area contributed by atoms with Crippen molar-refractivity contribution in [1.29, 1.82) is 0 Å². The maximum absolute atomic E-state index is 11.7. The Morgan fingerprint density at radius 2 is 2.07 bits per heavy atom. The first-order valence-corrected chi connectivity index (χ1v) is 9.76. The van der Waals surface area contributed by atoms with Crippen LogP contribution in [0.3, 0.4) is 0 Å². The molecular weight excluding hydrogens is 358 g/mol. The van der Waals surface area contributed by atoms with E-state index in [1.54, 1.807) is 6.08 Å². The molecule has 0 aromatic carbocycles. The van der Waals surface area contributed by atoms with Gasteiger partial charge in [0.25, 0.3) is 5.91 Å². The molecule has 6 nitrogen and oxygen atoms in total. The van der Waals surface area contributed by atoms with Gasteiger partial charge in [-0.15, -0.1) is 0 Å². The second-order valence-corrected chi connectivity index (χ2v) is 8.14. The molecule has 3 rings (SSSR count). The van der Waals surface area contributed by atoms with Gasteiger partial charge in [-0.3, -0.25) is 9.59 Å². The number of aliphatic hydroxyl groups excluding tert-OH is 1. The van der Waals surface area contributed by atoms with E-state index in [9.17, 15) is 14.7 Å². The number of ketones is 1. The number of allylic oxidation sites excluding steroid dienone is 3. The van der Waals surface area contributed by atoms with Crippen molar-refractivity contribution in [2.24, 2.45) is 11.8 Å². The molecule has 5 atom stereocenters. The monoisotopic (exact) mass is 387 g/mol. The molecule has 0 radical (unpaired) electrons. The molecule has 3 heterocycles. The van der Waals surface area contributed by atoms with E-state index in [1.165, 1.54) is 6.08 Å². The van der Waals surface area contributed by atoms with E-state index in [0.717, 1.165) is 17.6 Å². The van der Waals surface area contributed by atoms with Crippen LogP contribution >= 0.6 is 0 Å². The highest BCUT2D eigenvalue weighted by molar-refractivity contribution is 6.25. The molecule has 3 aliphatic heterocycles. The minimum absolute atomic E-state index is 0.00453. The van der Waals surface area contributed by atoms with Gasteiger partial charge < -0.3 is 19.9 Å². The van der Waals surface area contributed by atoms with E-state index in [4.69, 9.17) is 9.47 Å². The molecule has 6 heteroatoms. The topological polar surface area (TPSA) is 84.9 Å². The molecule has 2 saturated heterocycles. The van der Waals surface area contributed by atoms with Crippen LogP contribution in [-0.2, 0) is 19.1 Å². The number of carbonyl (C=O) groups is 2. The lowest BCUT2D eigenvalue weighted by molar-refractivity contribution is -0.318. The number of carbonyl (C=O) groups excluding carboxylic acids is 2. The first kappa shape index (κ1) is 20.6. The summed E-state index contributed by atoms with van der Waals surface area (Å²) in [4.78, 5) is 23.3. The van der Waals surface area contributed by atoms with Crippen molar-refractivity contribution < 1.29 is 24.2 Å². The molecule has 0 aromatic heterocycles. The largest absolute Gasteiger partial charge is 0.507 e. The van der Waals surface area contributed by atoms with Crippen molar-refractivity contribution in [2.45, 2.75) is 59.0 Å². The average Bonchev–Trinajstić information content (AvgIpc) is 2.97. The predicted molar refractivity (Wildman–Crippen MR) is 105 cm³/mol. The van der Waals surface area contributed by atoms with E-state index in [1.807, 2.05) is 20.8 Å². The lowest BCUT2D eigenvalue weighted by Gasteiger charge is -2.50. The van der Waals surface area contributed by atoms with Crippen LogP contribution in [0.2, 0.25) is 0 Å². The van der Waals surface area contributed by atoms with Gasteiger partial charge in [0.2, 0.25) is 0 Å². The number of ether oxygens (including phenoxy) is 2. The second-order valence-electron chi connectivity index (χ2n) is 8.14. The van der Waals surface area contributed by atoms with Gasteiger partial charge in [-0.1, -0.05) is 37.6 Å². The van der Waals surface area contributed by atoms with E-state index >= 15 is 0 Å². The highest BCUT2D eigenvalue weighted by Crippen LogP contribution is 2.43. The Bertz CT molecular complexity index is 788. The van der Waals surface area contributed by atoms with Gasteiger partial charge in [0.15, 0.2) is 11.6 Å². The molecule has 2 N–H and O–H groups in total. The quantitative estimate of drug-likeness (QED) is 0.255. The van der Waals surface area contributed by atoms with Crippen LogP contribution in [0.5, 0.6) is 0 Å². The van der Waals surface area contributed by atoms with Gasteiger partial charge in [-0.25, -0.2) is 0 Å². The van der Waals surface area contributed by atoms with Crippen molar-refractivity contribution in [3.05, 3.63) is 46.8 Å². The summed E-state index contributed by atoms with van der Waals surface area (Å²) in [6.07, 6.45) is 8.42. The fourth-order valence-corrected chi connectivity index (χ4v) is 4.10. The van der Waals surface area contributed by atoms with Crippen LogP contribution in [0.4, 0.5) is 0 Å². The number of aliphatic hydroxyl groups is 1. The summed E-state index contributed by atoms with van der Waals surface area (Å²) in [6, 6.07) is 0. The number of hydrogen-bond acceptors (Lipinski definition) is 5. The molecule has 152 valence electrons. The van der Waals surface area contributed by atoms with Gasteiger partial charge >= 0.3 is 0 Å². The van der Waals surface area contributed by atoms with Crippen LogP contribution in [0.25, 0.3) is 0 Å². The molecule has 28 heavy (non-hydrogen) atoms.